The molecule has 1 saturated heterocycles. The lowest BCUT2D eigenvalue weighted by atomic mass is 9.94. The van der Waals surface area contributed by atoms with Crippen molar-refractivity contribution in [3.63, 3.8) is 0 Å². The fraction of sp³-hybridized carbons (Fsp3) is 0.579. The molecule has 1 atom stereocenters. The Morgan fingerprint density at radius 2 is 2.22 bits per heavy atom. The van der Waals surface area contributed by atoms with E-state index in [4.69, 9.17) is 4.74 Å². The summed E-state index contributed by atoms with van der Waals surface area (Å²) in [6, 6.07) is 0.239. The van der Waals surface area contributed by atoms with Crippen LogP contribution in [0.4, 0.5) is 0 Å². The molecule has 2 aliphatic rings. The topological polar surface area (TPSA) is 72.6 Å². The number of fused-ring (bicyclic) bond motifs is 5. The second kappa shape index (κ2) is 5.97. The third kappa shape index (κ3) is 2.73. The summed E-state index contributed by atoms with van der Waals surface area (Å²) >= 11 is 1.65. The first-order valence-electron chi connectivity index (χ1n) is 9.53. The highest BCUT2D eigenvalue weighted by atomic mass is 32.1. The lowest BCUT2D eigenvalue weighted by Gasteiger charge is -2.32. The molecular weight excluding hydrogens is 362 g/mol. The number of hydrogen-bond acceptors (Lipinski definition) is 6. The number of hydrogen-bond donors (Lipinski definition) is 0. The van der Waals surface area contributed by atoms with Gasteiger partial charge in [-0.25, -0.2) is 14.5 Å². The summed E-state index contributed by atoms with van der Waals surface area (Å²) in [5, 5.41) is 5.48. The van der Waals surface area contributed by atoms with Gasteiger partial charge in [0, 0.05) is 23.9 Å². The van der Waals surface area contributed by atoms with Crippen molar-refractivity contribution in [3.8, 4) is 0 Å². The maximum atomic E-state index is 13.0. The van der Waals surface area contributed by atoms with Gasteiger partial charge in [0.1, 0.15) is 11.2 Å². The number of piperidine rings is 1. The number of likely N-dealkylation sites (tertiary alicyclic amines) is 1. The van der Waals surface area contributed by atoms with Gasteiger partial charge in [-0.3, -0.25) is 4.79 Å². The van der Waals surface area contributed by atoms with Crippen LogP contribution in [0.5, 0.6) is 0 Å². The minimum absolute atomic E-state index is 0.0770. The summed E-state index contributed by atoms with van der Waals surface area (Å²) in [6.07, 6.45) is 5.73. The average Bonchev–Trinajstić information content (AvgIpc) is 3.21. The van der Waals surface area contributed by atoms with E-state index in [1.807, 2.05) is 4.90 Å². The maximum absolute atomic E-state index is 13.0. The van der Waals surface area contributed by atoms with Crippen molar-refractivity contribution in [3.05, 3.63) is 22.6 Å². The molecule has 3 aromatic rings. The number of carbonyl (C=O) groups is 1. The summed E-state index contributed by atoms with van der Waals surface area (Å²) in [7, 11) is 0. The molecule has 0 aliphatic carbocycles. The standard InChI is InChI=1S/C19H23N5O2S/c1-11-6-4-5-7-23(11)18(25)15-21-16-14-12-8-19(2,3)26-9-13(12)27-17(14)20-10-24(16)22-15/h10-11H,4-9H2,1-3H3. The largest absolute Gasteiger partial charge is 0.370 e. The van der Waals surface area contributed by atoms with Crippen molar-refractivity contribution in [2.24, 2.45) is 0 Å². The van der Waals surface area contributed by atoms with E-state index in [1.54, 1.807) is 22.2 Å². The molecular formula is C19H23N5O2S. The van der Waals surface area contributed by atoms with Gasteiger partial charge in [-0.15, -0.1) is 16.4 Å². The minimum Gasteiger partial charge on any atom is -0.370 e. The first-order valence-corrected chi connectivity index (χ1v) is 10.4. The van der Waals surface area contributed by atoms with E-state index in [1.165, 1.54) is 16.9 Å². The predicted molar refractivity (Wildman–Crippen MR) is 103 cm³/mol. The van der Waals surface area contributed by atoms with Gasteiger partial charge in [0.2, 0.25) is 5.82 Å². The Morgan fingerprint density at radius 3 is 3.04 bits per heavy atom. The van der Waals surface area contributed by atoms with Gasteiger partial charge in [0.25, 0.3) is 5.91 Å². The van der Waals surface area contributed by atoms with E-state index >= 15 is 0 Å². The number of carbonyl (C=O) groups excluding carboxylic acids is 1. The molecule has 27 heavy (non-hydrogen) atoms. The van der Waals surface area contributed by atoms with Crippen LogP contribution in [0.1, 0.15) is 61.1 Å². The number of amides is 1. The number of aromatic nitrogens is 4. The van der Waals surface area contributed by atoms with Crippen molar-refractivity contribution in [1.82, 2.24) is 24.5 Å². The molecule has 5 heterocycles. The van der Waals surface area contributed by atoms with Gasteiger partial charge >= 0.3 is 0 Å². The molecule has 0 spiro atoms. The fourth-order valence-electron chi connectivity index (χ4n) is 4.16. The third-order valence-corrected chi connectivity index (χ3v) is 6.78. The van der Waals surface area contributed by atoms with Gasteiger partial charge < -0.3 is 9.64 Å². The molecule has 0 N–H and O–H groups in total. The first kappa shape index (κ1) is 17.1. The predicted octanol–water partition coefficient (Wildman–Crippen LogP) is 3.20. The van der Waals surface area contributed by atoms with Crippen LogP contribution in [0, 0.1) is 0 Å². The monoisotopic (exact) mass is 385 g/mol. The molecule has 7 nitrogen and oxygen atoms in total. The van der Waals surface area contributed by atoms with Crippen LogP contribution in [0.15, 0.2) is 6.33 Å². The van der Waals surface area contributed by atoms with Crippen LogP contribution in [-0.4, -0.2) is 48.6 Å². The van der Waals surface area contributed by atoms with Gasteiger partial charge in [0.05, 0.1) is 17.6 Å². The Hall–Kier alpha value is -2.06. The van der Waals surface area contributed by atoms with Crippen molar-refractivity contribution in [2.75, 3.05) is 6.54 Å². The van der Waals surface area contributed by atoms with Crippen LogP contribution in [0.2, 0.25) is 0 Å². The van der Waals surface area contributed by atoms with Gasteiger partial charge in [-0.2, -0.15) is 0 Å². The molecule has 1 fully saturated rings. The Balaban J connectivity index is 1.62. The Bertz CT molecular complexity index is 1050. The van der Waals surface area contributed by atoms with E-state index in [0.717, 1.165) is 41.7 Å². The quantitative estimate of drug-likeness (QED) is 0.643. The highest BCUT2D eigenvalue weighted by molar-refractivity contribution is 7.19. The average molecular weight is 385 g/mol. The van der Waals surface area contributed by atoms with Gasteiger partial charge in [0.15, 0.2) is 5.65 Å². The zero-order chi connectivity index (χ0) is 18.8. The number of rotatable bonds is 1. The second-order valence-electron chi connectivity index (χ2n) is 8.20. The molecule has 1 unspecified atom stereocenters. The molecule has 1 amide bonds. The molecule has 0 radical (unpaired) electrons. The maximum Gasteiger partial charge on any atom is 0.293 e. The van der Waals surface area contributed by atoms with Crippen LogP contribution >= 0.6 is 11.3 Å². The first-order chi connectivity index (χ1) is 12.9. The molecule has 8 heteroatoms. The molecule has 0 saturated carbocycles. The summed E-state index contributed by atoms with van der Waals surface area (Å²) < 4.78 is 7.60. The Labute approximate surface area is 161 Å². The van der Waals surface area contributed by atoms with E-state index in [9.17, 15) is 4.79 Å². The summed E-state index contributed by atoms with van der Waals surface area (Å²) in [5.74, 6) is 0.191. The minimum atomic E-state index is -0.213. The van der Waals surface area contributed by atoms with Gasteiger partial charge in [-0.05, 0) is 45.6 Å². The number of thiophene rings is 1. The Kier molecular flexibility index (Phi) is 3.77. The van der Waals surface area contributed by atoms with E-state index in [-0.39, 0.29) is 23.4 Å². The van der Waals surface area contributed by atoms with Crippen molar-refractivity contribution in [1.29, 1.82) is 0 Å². The third-order valence-electron chi connectivity index (χ3n) is 5.66. The highest BCUT2D eigenvalue weighted by Gasteiger charge is 2.32. The molecule has 3 aromatic heterocycles. The lowest BCUT2D eigenvalue weighted by molar-refractivity contribution is -0.0379. The number of ether oxygens (including phenoxy) is 1. The van der Waals surface area contributed by atoms with E-state index in [0.29, 0.717) is 6.61 Å². The summed E-state index contributed by atoms with van der Waals surface area (Å²) in [5.41, 5.74) is 1.75. The number of nitrogens with zero attached hydrogens (tertiary/aromatic N) is 5. The highest BCUT2D eigenvalue weighted by Crippen LogP contribution is 2.39. The Morgan fingerprint density at radius 1 is 1.37 bits per heavy atom. The molecule has 2 aliphatic heterocycles. The SMILES string of the molecule is CC1CCCCN1C(=O)c1nc2c3c4c(sc3ncn2n1)COC(C)(C)C4. The second-order valence-corrected chi connectivity index (χ2v) is 9.28. The summed E-state index contributed by atoms with van der Waals surface area (Å²) in [6.45, 7) is 7.68. The van der Waals surface area contributed by atoms with Gasteiger partial charge in [-0.1, -0.05) is 0 Å². The van der Waals surface area contributed by atoms with Crippen molar-refractivity contribution >= 4 is 33.1 Å². The van der Waals surface area contributed by atoms with Crippen LogP contribution in [-0.2, 0) is 17.8 Å². The van der Waals surface area contributed by atoms with E-state index < -0.39 is 0 Å². The normalized spacial score (nSPS) is 22.3. The molecule has 0 bridgehead atoms. The lowest BCUT2D eigenvalue weighted by Crippen LogP contribution is -2.42. The summed E-state index contributed by atoms with van der Waals surface area (Å²) in [4.78, 5) is 26.3. The van der Waals surface area contributed by atoms with Crippen molar-refractivity contribution in [2.45, 2.75) is 64.7 Å². The smallest absolute Gasteiger partial charge is 0.293 e. The van der Waals surface area contributed by atoms with Crippen LogP contribution in [0.3, 0.4) is 0 Å². The van der Waals surface area contributed by atoms with Crippen molar-refractivity contribution < 1.29 is 9.53 Å². The molecule has 5 rings (SSSR count). The zero-order valence-electron chi connectivity index (χ0n) is 15.9. The molecule has 142 valence electrons. The zero-order valence-corrected chi connectivity index (χ0v) is 16.7. The molecule has 0 aromatic carbocycles. The van der Waals surface area contributed by atoms with Crippen LogP contribution in [0.25, 0.3) is 15.9 Å². The van der Waals surface area contributed by atoms with E-state index in [2.05, 4.69) is 35.8 Å². The fourth-order valence-corrected chi connectivity index (χ4v) is 5.23. The van der Waals surface area contributed by atoms with Crippen LogP contribution < -0.4 is 0 Å².